The van der Waals surface area contributed by atoms with Gasteiger partial charge in [0, 0.05) is 32.8 Å². The maximum absolute atomic E-state index is 13.1. The van der Waals surface area contributed by atoms with Crippen LogP contribution in [0.2, 0.25) is 0 Å². The highest BCUT2D eigenvalue weighted by Gasteiger charge is 2.24. The number of rotatable bonds is 7. The van der Waals surface area contributed by atoms with Gasteiger partial charge in [-0.25, -0.2) is 4.79 Å². The number of halogens is 1. The van der Waals surface area contributed by atoms with E-state index in [1.807, 2.05) is 69.4 Å². The highest BCUT2D eigenvalue weighted by Crippen LogP contribution is 2.21. The third kappa shape index (κ3) is 5.75. The van der Waals surface area contributed by atoms with Crippen molar-refractivity contribution in [2.24, 2.45) is 5.92 Å². The number of carbonyl (C=O) groups excluding carboxylic acids is 2. The number of hydrogen-bond donors (Lipinski definition) is 3. The number of ether oxygens (including phenoxy) is 1. The van der Waals surface area contributed by atoms with Gasteiger partial charge in [-0.2, -0.15) is 0 Å². The number of benzene rings is 2. The number of amides is 2. The Hall–Kier alpha value is -2.55. The Bertz CT molecular complexity index is 1050. The first-order valence-corrected chi connectivity index (χ1v) is 11.0. The third-order valence-electron chi connectivity index (χ3n) is 4.70. The second kappa shape index (κ2) is 9.97. The van der Waals surface area contributed by atoms with Crippen LogP contribution in [0.25, 0.3) is 10.9 Å². The number of aromatic amines is 1. The smallest absolute Gasteiger partial charge is 0.407 e. The van der Waals surface area contributed by atoms with E-state index in [9.17, 15) is 9.59 Å². The molecule has 0 aliphatic rings. The van der Waals surface area contributed by atoms with Gasteiger partial charge >= 0.3 is 6.09 Å². The molecule has 3 aromatic rings. The highest BCUT2D eigenvalue weighted by molar-refractivity contribution is 14.1. The standard InChI is InChI=1S/C23H26IN3O3/c1-14(2)13-30-23(29)27-21(11-16-12-25-20-7-5-4-6-18(16)20)22(28)26-19-9-8-17(24)10-15(19)3/h4-10,12,14,21,25H,11,13H2,1-3H3,(H,26,28)(H,27,29)/t21-/m1/s1. The Morgan fingerprint density at radius 2 is 1.93 bits per heavy atom. The number of hydrogen-bond acceptors (Lipinski definition) is 3. The van der Waals surface area contributed by atoms with Crippen molar-refractivity contribution in [2.45, 2.75) is 33.2 Å². The second-order valence-electron chi connectivity index (χ2n) is 7.70. The van der Waals surface area contributed by atoms with E-state index in [1.165, 1.54) is 0 Å². The molecule has 0 aliphatic heterocycles. The van der Waals surface area contributed by atoms with E-state index in [1.54, 1.807) is 0 Å². The molecule has 0 saturated carbocycles. The van der Waals surface area contributed by atoms with Gasteiger partial charge in [-0.15, -0.1) is 0 Å². The number of carbonyl (C=O) groups is 2. The van der Waals surface area contributed by atoms with Gasteiger partial charge in [0.25, 0.3) is 0 Å². The van der Waals surface area contributed by atoms with Crippen molar-refractivity contribution in [1.29, 1.82) is 0 Å². The topological polar surface area (TPSA) is 83.2 Å². The number of para-hydroxylation sites is 1. The van der Waals surface area contributed by atoms with Crippen LogP contribution in [0.1, 0.15) is 25.0 Å². The van der Waals surface area contributed by atoms with E-state index in [-0.39, 0.29) is 11.8 Å². The van der Waals surface area contributed by atoms with Crippen LogP contribution in [0.15, 0.2) is 48.7 Å². The molecule has 30 heavy (non-hydrogen) atoms. The number of aromatic nitrogens is 1. The number of alkyl carbamates (subject to hydrolysis) is 1. The first kappa shape index (κ1) is 22.1. The van der Waals surface area contributed by atoms with Gasteiger partial charge in [0.2, 0.25) is 5.91 Å². The van der Waals surface area contributed by atoms with Crippen LogP contribution < -0.4 is 10.6 Å². The maximum atomic E-state index is 13.1. The lowest BCUT2D eigenvalue weighted by molar-refractivity contribution is -0.118. The number of anilines is 1. The minimum absolute atomic E-state index is 0.214. The van der Waals surface area contributed by atoms with Crippen LogP contribution in [0.4, 0.5) is 10.5 Å². The molecule has 0 fully saturated rings. The van der Waals surface area contributed by atoms with Crippen LogP contribution in [0.5, 0.6) is 0 Å². The number of nitrogens with one attached hydrogen (secondary N) is 3. The molecule has 0 unspecified atom stereocenters. The molecule has 3 rings (SSSR count). The minimum atomic E-state index is -0.775. The summed E-state index contributed by atoms with van der Waals surface area (Å²) in [5.74, 6) is -0.0721. The molecule has 1 aromatic heterocycles. The molecule has 158 valence electrons. The summed E-state index contributed by atoms with van der Waals surface area (Å²) in [4.78, 5) is 28.6. The van der Waals surface area contributed by atoms with Crippen LogP contribution in [0.3, 0.4) is 0 Å². The van der Waals surface area contributed by atoms with Gasteiger partial charge in [-0.05, 0) is 70.8 Å². The first-order valence-electron chi connectivity index (χ1n) is 9.88. The predicted octanol–water partition coefficient (Wildman–Crippen LogP) is 5.01. The lowest BCUT2D eigenvalue weighted by Gasteiger charge is -2.19. The molecule has 2 aromatic carbocycles. The highest BCUT2D eigenvalue weighted by atomic mass is 127. The van der Waals surface area contributed by atoms with E-state index < -0.39 is 12.1 Å². The molecule has 3 N–H and O–H groups in total. The largest absolute Gasteiger partial charge is 0.449 e. The third-order valence-corrected chi connectivity index (χ3v) is 5.37. The summed E-state index contributed by atoms with van der Waals surface area (Å²) < 4.78 is 6.33. The minimum Gasteiger partial charge on any atom is -0.449 e. The zero-order valence-corrected chi connectivity index (χ0v) is 19.4. The van der Waals surface area contributed by atoms with Crippen molar-refractivity contribution in [2.75, 3.05) is 11.9 Å². The first-order chi connectivity index (χ1) is 14.3. The van der Waals surface area contributed by atoms with Gasteiger partial charge < -0.3 is 20.4 Å². The van der Waals surface area contributed by atoms with Crippen molar-refractivity contribution in [3.63, 3.8) is 0 Å². The quantitative estimate of drug-likeness (QED) is 0.384. The fraction of sp³-hybridized carbons (Fsp3) is 0.304. The zero-order valence-electron chi connectivity index (χ0n) is 17.3. The van der Waals surface area contributed by atoms with Gasteiger partial charge in [-0.1, -0.05) is 32.0 Å². The monoisotopic (exact) mass is 519 g/mol. The van der Waals surface area contributed by atoms with Crippen molar-refractivity contribution in [1.82, 2.24) is 10.3 Å². The zero-order chi connectivity index (χ0) is 21.7. The van der Waals surface area contributed by atoms with E-state index in [0.717, 1.165) is 31.3 Å². The molecule has 0 radical (unpaired) electrons. The van der Waals surface area contributed by atoms with Crippen molar-refractivity contribution in [3.8, 4) is 0 Å². The second-order valence-corrected chi connectivity index (χ2v) is 8.95. The SMILES string of the molecule is Cc1cc(I)ccc1NC(=O)[C@@H](Cc1c[nH]c2ccccc12)NC(=O)OCC(C)C. The van der Waals surface area contributed by atoms with Gasteiger partial charge in [0.05, 0.1) is 6.61 Å². The molecule has 6 nitrogen and oxygen atoms in total. The Morgan fingerprint density at radius 1 is 1.17 bits per heavy atom. The number of fused-ring (bicyclic) bond motifs is 1. The van der Waals surface area contributed by atoms with E-state index in [0.29, 0.717) is 13.0 Å². The van der Waals surface area contributed by atoms with Gasteiger partial charge in [-0.3, -0.25) is 4.79 Å². The van der Waals surface area contributed by atoms with Gasteiger partial charge in [0.15, 0.2) is 0 Å². The van der Waals surface area contributed by atoms with E-state index in [4.69, 9.17) is 4.74 Å². The van der Waals surface area contributed by atoms with Crippen molar-refractivity contribution in [3.05, 3.63) is 63.4 Å². The number of aryl methyl sites for hydroxylation is 1. The van der Waals surface area contributed by atoms with Gasteiger partial charge in [0.1, 0.15) is 6.04 Å². The molecular weight excluding hydrogens is 493 g/mol. The average molecular weight is 519 g/mol. The fourth-order valence-corrected chi connectivity index (χ4v) is 3.79. The molecule has 0 aliphatic carbocycles. The van der Waals surface area contributed by atoms with E-state index in [2.05, 4.69) is 38.2 Å². The molecule has 0 bridgehead atoms. The summed E-state index contributed by atoms with van der Waals surface area (Å²) in [7, 11) is 0. The summed E-state index contributed by atoms with van der Waals surface area (Å²) in [6.07, 6.45) is 1.63. The molecule has 1 heterocycles. The molecule has 0 saturated heterocycles. The number of H-pyrrole nitrogens is 1. The normalized spacial score (nSPS) is 12.0. The van der Waals surface area contributed by atoms with Crippen LogP contribution in [-0.2, 0) is 16.0 Å². The van der Waals surface area contributed by atoms with Crippen LogP contribution in [-0.4, -0.2) is 29.6 Å². The maximum Gasteiger partial charge on any atom is 0.407 e. The summed E-state index contributed by atoms with van der Waals surface area (Å²) >= 11 is 2.23. The lowest BCUT2D eigenvalue weighted by Crippen LogP contribution is -2.45. The van der Waals surface area contributed by atoms with Crippen LogP contribution >= 0.6 is 22.6 Å². The molecule has 7 heteroatoms. The summed E-state index contributed by atoms with van der Waals surface area (Å²) in [5.41, 5.74) is 3.63. The molecule has 0 spiro atoms. The Morgan fingerprint density at radius 3 is 2.67 bits per heavy atom. The molecular formula is C23H26IN3O3. The average Bonchev–Trinajstić information content (AvgIpc) is 3.11. The molecule has 1 atom stereocenters. The van der Waals surface area contributed by atoms with Crippen molar-refractivity contribution < 1.29 is 14.3 Å². The Kier molecular flexibility index (Phi) is 7.36. The fourth-order valence-electron chi connectivity index (χ4n) is 3.14. The van der Waals surface area contributed by atoms with E-state index >= 15 is 0 Å². The lowest BCUT2D eigenvalue weighted by atomic mass is 10.0. The summed E-state index contributed by atoms with van der Waals surface area (Å²) in [5, 5.41) is 6.71. The summed E-state index contributed by atoms with van der Waals surface area (Å²) in [6.45, 7) is 6.16. The molecule has 2 amide bonds. The van der Waals surface area contributed by atoms with Crippen LogP contribution in [0, 0.1) is 16.4 Å². The summed E-state index contributed by atoms with van der Waals surface area (Å²) in [6, 6.07) is 12.9. The predicted molar refractivity (Wildman–Crippen MR) is 128 cm³/mol. The Labute approximate surface area is 189 Å². The Balaban J connectivity index is 1.80. The van der Waals surface area contributed by atoms with Crippen molar-refractivity contribution >= 4 is 51.2 Å².